The molecule has 1 aliphatic carbocycles. The van der Waals surface area contributed by atoms with Crippen molar-refractivity contribution in [3.05, 3.63) is 34.9 Å². The molecular formula is C15H16ClNaO4S. The van der Waals surface area contributed by atoms with Gasteiger partial charge >= 0.3 is 29.6 Å². The molecule has 1 aromatic carbocycles. The van der Waals surface area contributed by atoms with E-state index in [1.165, 1.54) is 18.2 Å². The predicted octanol–water partition coefficient (Wildman–Crippen LogP) is -0.929. The van der Waals surface area contributed by atoms with E-state index in [-0.39, 0.29) is 51.0 Å². The fourth-order valence-electron chi connectivity index (χ4n) is 2.61. The minimum Gasteiger partial charge on any atom is -0.545 e. The van der Waals surface area contributed by atoms with Gasteiger partial charge in [-0.2, -0.15) is 0 Å². The number of halogens is 1. The number of aliphatic carboxylic acids is 1. The molecule has 114 valence electrons. The summed E-state index contributed by atoms with van der Waals surface area (Å²) in [5.41, 5.74) is 0.447. The van der Waals surface area contributed by atoms with Crippen LogP contribution in [0.15, 0.2) is 29.2 Å². The molecule has 0 aliphatic heterocycles. The molecule has 1 saturated carbocycles. The molecule has 4 nitrogen and oxygen atoms in total. The van der Waals surface area contributed by atoms with E-state index in [4.69, 9.17) is 11.6 Å². The number of carbonyl (C=O) groups is 1. The Morgan fingerprint density at radius 2 is 1.91 bits per heavy atom. The van der Waals surface area contributed by atoms with Crippen molar-refractivity contribution in [2.75, 3.05) is 6.26 Å². The van der Waals surface area contributed by atoms with Crippen LogP contribution in [0.25, 0.3) is 5.57 Å². The zero-order chi connectivity index (χ0) is 15.6. The van der Waals surface area contributed by atoms with Gasteiger partial charge < -0.3 is 9.90 Å². The Labute approximate surface area is 157 Å². The number of carboxylic acid groups (broad SMARTS) is 1. The van der Waals surface area contributed by atoms with Crippen LogP contribution >= 0.6 is 11.6 Å². The molecule has 0 amide bonds. The third-order valence-electron chi connectivity index (χ3n) is 3.66. The van der Waals surface area contributed by atoms with Gasteiger partial charge in [0.1, 0.15) is 0 Å². The zero-order valence-electron chi connectivity index (χ0n) is 12.6. The summed E-state index contributed by atoms with van der Waals surface area (Å²) < 4.78 is 23.0. The first kappa shape index (κ1) is 19.7. The molecule has 1 aromatic rings. The largest absolute Gasteiger partial charge is 1.00 e. The summed E-state index contributed by atoms with van der Waals surface area (Å²) in [5.74, 6) is -1.05. The maximum atomic E-state index is 11.5. The summed E-state index contributed by atoms with van der Waals surface area (Å²) in [7, 11) is -3.43. The van der Waals surface area contributed by atoms with E-state index in [1.54, 1.807) is 6.08 Å². The zero-order valence-corrected chi connectivity index (χ0v) is 16.2. The topological polar surface area (TPSA) is 74.3 Å². The first-order valence-corrected chi connectivity index (χ1v) is 8.99. The number of allylic oxidation sites excluding steroid dienone is 1. The molecule has 0 heterocycles. The number of sulfone groups is 1. The average molecular weight is 351 g/mol. The Bertz CT molecular complexity index is 691. The number of rotatable bonds is 4. The van der Waals surface area contributed by atoms with Crippen LogP contribution in [-0.4, -0.2) is 20.6 Å². The first-order chi connectivity index (χ1) is 9.79. The van der Waals surface area contributed by atoms with Crippen molar-refractivity contribution >= 4 is 33.0 Å². The number of hydrogen-bond acceptors (Lipinski definition) is 4. The van der Waals surface area contributed by atoms with Crippen molar-refractivity contribution in [2.24, 2.45) is 5.92 Å². The predicted molar refractivity (Wildman–Crippen MR) is 79.5 cm³/mol. The smallest absolute Gasteiger partial charge is 0.545 e. The van der Waals surface area contributed by atoms with Crippen molar-refractivity contribution < 1.29 is 47.9 Å². The Morgan fingerprint density at radius 3 is 2.36 bits per heavy atom. The minimum absolute atomic E-state index is 0. The van der Waals surface area contributed by atoms with Gasteiger partial charge in [-0.25, -0.2) is 8.42 Å². The summed E-state index contributed by atoms with van der Waals surface area (Å²) >= 11 is 5.96. The van der Waals surface area contributed by atoms with E-state index in [9.17, 15) is 18.3 Å². The van der Waals surface area contributed by atoms with Gasteiger partial charge in [-0.15, -0.1) is 0 Å². The maximum Gasteiger partial charge on any atom is 1.00 e. The summed E-state index contributed by atoms with van der Waals surface area (Å²) in [6.07, 6.45) is 6.87. The monoisotopic (exact) mass is 350 g/mol. The number of carboxylic acids is 1. The van der Waals surface area contributed by atoms with Crippen LogP contribution in [0, 0.1) is 5.92 Å². The molecule has 0 atom stereocenters. The summed E-state index contributed by atoms with van der Waals surface area (Å²) in [6, 6.07) is 4.16. The van der Waals surface area contributed by atoms with Gasteiger partial charge in [0.2, 0.25) is 0 Å². The molecule has 1 aliphatic rings. The third-order valence-corrected chi connectivity index (χ3v) is 5.24. The molecule has 0 saturated heterocycles. The van der Waals surface area contributed by atoms with Gasteiger partial charge in [0.25, 0.3) is 0 Å². The fourth-order valence-corrected chi connectivity index (χ4v) is 3.94. The quantitative estimate of drug-likeness (QED) is 0.519. The minimum atomic E-state index is -3.43. The van der Waals surface area contributed by atoms with Crippen LogP contribution in [0.4, 0.5) is 0 Å². The SMILES string of the molecule is CS(=O)(=O)c1ccc(/C(=C\C2CCCC2)C(=O)[O-])cc1Cl.[Na+]. The van der Waals surface area contributed by atoms with Gasteiger partial charge in [0, 0.05) is 11.8 Å². The number of carbonyl (C=O) groups excluding carboxylic acids is 1. The van der Waals surface area contributed by atoms with E-state index in [0.29, 0.717) is 5.56 Å². The Morgan fingerprint density at radius 1 is 1.32 bits per heavy atom. The molecule has 0 unspecified atom stereocenters. The Balaban J connectivity index is 0.00000242. The van der Waals surface area contributed by atoms with Crippen LogP contribution in [0.5, 0.6) is 0 Å². The normalized spacial score (nSPS) is 16.4. The fraction of sp³-hybridized carbons (Fsp3) is 0.400. The molecule has 22 heavy (non-hydrogen) atoms. The first-order valence-electron chi connectivity index (χ1n) is 6.72. The summed E-state index contributed by atoms with van der Waals surface area (Å²) in [4.78, 5) is 11.3. The molecule has 0 N–H and O–H groups in total. The molecule has 0 bridgehead atoms. The van der Waals surface area contributed by atoms with E-state index in [2.05, 4.69) is 0 Å². The Hall–Kier alpha value is -0.330. The van der Waals surface area contributed by atoms with Crippen LogP contribution in [-0.2, 0) is 14.6 Å². The Kier molecular flexibility index (Phi) is 7.15. The molecule has 7 heteroatoms. The van der Waals surface area contributed by atoms with Crippen LogP contribution < -0.4 is 34.7 Å². The van der Waals surface area contributed by atoms with E-state index < -0.39 is 15.8 Å². The van der Waals surface area contributed by atoms with Gasteiger partial charge in [-0.05, 0) is 36.5 Å². The average Bonchev–Trinajstić information content (AvgIpc) is 2.86. The molecular weight excluding hydrogens is 335 g/mol. The van der Waals surface area contributed by atoms with Crippen molar-refractivity contribution in [1.29, 1.82) is 0 Å². The summed E-state index contributed by atoms with van der Waals surface area (Å²) in [5, 5.41) is 11.4. The number of hydrogen-bond donors (Lipinski definition) is 0. The molecule has 0 radical (unpaired) electrons. The molecule has 1 fully saturated rings. The van der Waals surface area contributed by atoms with Crippen molar-refractivity contribution in [3.63, 3.8) is 0 Å². The molecule has 2 rings (SSSR count). The number of benzene rings is 1. The van der Waals surface area contributed by atoms with Crippen molar-refractivity contribution in [1.82, 2.24) is 0 Å². The van der Waals surface area contributed by atoms with Gasteiger partial charge in [-0.3, -0.25) is 0 Å². The maximum absolute atomic E-state index is 11.5. The second-order valence-electron chi connectivity index (χ2n) is 5.33. The van der Waals surface area contributed by atoms with E-state index in [0.717, 1.165) is 31.9 Å². The standard InChI is InChI=1S/C15H17ClO4S.Na/c1-21(19,20)14-7-6-11(9-13(14)16)12(15(17)18)8-10-4-2-3-5-10;/h6-10H,2-5H2,1H3,(H,17,18);/q;+1/p-1/b12-8+;. The third kappa shape index (κ3) is 4.83. The van der Waals surface area contributed by atoms with Crippen molar-refractivity contribution in [2.45, 2.75) is 30.6 Å². The van der Waals surface area contributed by atoms with Gasteiger partial charge in [-0.1, -0.05) is 36.6 Å². The van der Waals surface area contributed by atoms with Crippen LogP contribution in [0.3, 0.4) is 0 Å². The van der Waals surface area contributed by atoms with Crippen LogP contribution in [0.1, 0.15) is 31.2 Å². The second kappa shape index (κ2) is 7.97. The molecule has 0 spiro atoms. The van der Waals surface area contributed by atoms with E-state index >= 15 is 0 Å². The van der Waals surface area contributed by atoms with E-state index in [1.807, 2.05) is 0 Å². The second-order valence-corrected chi connectivity index (χ2v) is 7.72. The van der Waals surface area contributed by atoms with Gasteiger partial charge in [0.05, 0.1) is 15.9 Å². The molecule has 0 aromatic heterocycles. The van der Waals surface area contributed by atoms with Gasteiger partial charge in [0.15, 0.2) is 9.84 Å². The van der Waals surface area contributed by atoms with Crippen molar-refractivity contribution in [3.8, 4) is 0 Å². The van der Waals surface area contributed by atoms with Crippen LogP contribution in [0.2, 0.25) is 5.02 Å². The summed E-state index contributed by atoms with van der Waals surface area (Å²) in [6.45, 7) is 0.